The third kappa shape index (κ3) is 5.18. The highest BCUT2D eigenvalue weighted by atomic mass is 35.5. The fourth-order valence-electron chi connectivity index (χ4n) is 1.89. The maximum Gasteiger partial charge on any atom is 0.238 e. The number of carbonyl (C=O) groups excluding carboxylic acids is 1. The molecular weight excluding hydrogens is 343 g/mol. The number of rotatable bonds is 6. The van der Waals surface area contributed by atoms with Gasteiger partial charge in [-0.25, -0.2) is 0 Å². The van der Waals surface area contributed by atoms with Gasteiger partial charge in [0, 0.05) is 0 Å². The third-order valence-electron chi connectivity index (χ3n) is 3.00. The molecule has 0 atom stereocenters. The van der Waals surface area contributed by atoms with E-state index in [2.05, 4.69) is 22.8 Å². The summed E-state index contributed by atoms with van der Waals surface area (Å²) in [5, 5.41) is 6.84. The molecule has 116 valence electrons. The van der Waals surface area contributed by atoms with Crippen LogP contribution in [0.4, 0.5) is 5.69 Å². The number of anilines is 1. The Hall–Kier alpha value is -1.26. The summed E-state index contributed by atoms with van der Waals surface area (Å²) >= 11 is 17.8. The number of hydrogen-bond acceptors (Lipinski definition) is 2. The lowest BCUT2D eigenvalue weighted by molar-refractivity contribution is -0.115. The molecule has 0 spiro atoms. The Kier molecular flexibility index (Phi) is 6.52. The first-order valence-electron chi connectivity index (χ1n) is 6.75. The Morgan fingerprint density at radius 3 is 2.36 bits per heavy atom. The van der Waals surface area contributed by atoms with Gasteiger partial charge in [0.05, 0.1) is 27.3 Å². The molecule has 0 saturated heterocycles. The SMILES string of the molecule is O=C(CNCCc1ccccc1)Nc1cc(Cl)c(Cl)cc1Cl. The number of halogens is 3. The standard InChI is InChI=1S/C16H15Cl3N2O/c17-12-8-14(19)15(9-13(12)18)21-16(22)10-20-7-6-11-4-2-1-3-5-11/h1-5,8-9,20H,6-7,10H2,(H,21,22). The van der Waals surface area contributed by atoms with Crippen molar-refractivity contribution in [2.75, 3.05) is 18.4 Å². The van der Waals surface area contributed by atoms with Gasteiger partial charge >= 0.3 is 0 Å². The van der Waals surface area contributed by atoms with Gasteiger partial charge in [-0.3, -0.25) is 4.79 Å². The summed E-state index contributed by atoms with van der Waals surface area (Å²) in [5.41, 5.74) is 1.67. The van der Waals surface area contributed by atoms with Crippen molar-refractivity contribution in [1.82, 2.24) is 5.32 Å². The molecule has 2 aromatic rings. The van der Waals surface area contributed by atoms with Crippen LogP contribution in [0.1, 0.15) is 5.56 Å². The van der Waals surface area contributed by atoms with Crippen molar-refractivity contribution in [1.29, 1.82) is 0 Å². The molecule has 0 aromatic heterocycles. The molecule has 0 heterocycles. The molecule has 0 unspecified atom stereocenters. The molecule has 0 saturated carbocycles. The summed E-state index contributed by atoms with van der Waals surface area (Å²) in [4.78, 5) is 11.9. The zero-order valence-electron chi connectivity index (χ0n) is 11.7. The second kappa shape index (κ2) is 8.39. The minimum absolute atomic E-state index is 0.187. The van der Waals surface area contributed by atoms with E-state index in [0.717, 1.165) is 6.42 Å². The van der Waals surface area contributed by atoms with Crippen LogP contribution in [-0.2, 0) is 11.2 Å². The Morgan fingerprint density at radius 1 is 0.955 bits per heavy atom. The van der Waals surface area contributed by atoms with E-state index >= 15 is 0 Å². The van der Waals surface area contributed by atoms with Crippen LogP contribution >= 0.6 is 34.8 Å². The van der Waals surface area contributed by atoms with Crippen LogP contribution in [-0.4, -0.2) is 19.0 Å². The highest BCUT2D eigenvalue weighted by Gasteiger charge is 2.09. The van der Waals surface area contributed by atoms with E-state index in [0.29, 0.717) is 27.3 Å². The normalized spacial score (nSPS) is 10.5. The van der Waals surface area contributed by atoms with E-state index in [1.54, 1.807) is 0 Å². The van der Waals surface area contributed by atoms with Crippen LogP contribution in [0.2, 0.25) is 15.1 Å². The predicted octanol–water partition coefficient (Wildman–Crippen LogP) is 4.42. The van der Waals surface area contributed by atoms with E-state index in [-0.39, 0.29) is 12.5 Å². The minimum Gasteiger partial charge on any atom is -0.324 e. The summed E-state index contributed by atoms with van der Waals surface area (Å²) in [6, 6.07) is 13.1. The number of benzene rings is 2. The monoisotopic (exact) mass is 356 g/mol. The molecule has 0 aliphatic heterocycles. The molecular formula is C16H15Cl3N2O. The van der Waals surface area contributed by atoms with E-state index in [1.807, 2.05) is 18.2 Å². The average molecular weight is 358 g/mol. The minimum atomic E-state index is -0.187. The molecule has 2 N–H and O–H groups in total. The van der Waals surface area contributed by atoms with Crippen LogP contribution in [0.3, 0.4) is 0 Å². The Bertz CT molecular complexity index is 647. The van der Waals surface area contributed by atoms with Gasteiger partial charge in [0.1, 0.15) is 0 Å². The lowest BCUT2D eigenvalue weighted by Crippen LogP contribution is -2.29. The number of amides is 1. The van der Waals surface area contributed by atoms with Gasteiger partial charge in [-0.05, 0) is 30.7 Å². The van der Waals surface area contributed by atoms with Crippen LogP contribution in [0, 0.1) is 0 Å². The second-order valence-electron chi connectivity index (χ2n) is 4.71. The fraction of sp³-hybridized carbons (Fsp3) is 0.188. The first-order valence-corrected chi connectivity index (χ1v) is 7.88. The summed E-state index contributed by atoms with van der Waals surface area (Å²) in [6.07, 6.45) is 0.863. The molecule has 1 amide bonds. The van der Waals surface area contributed by atoms with Gasteiger partial charge in [0.25, 0.3) is 0 Å². The highest BCUT2D eigenvalue weighted by Crippen LogP contribution is 2.32. The van der Waals surface area contributed by atoms with Crippen molar-refractivity contribution in [2.45, 2.75) is 6.42 Å². The Morgan fingerprint density at radius 2 is 1.64 bits per heavy atom. The topological polar surface area (TPSA) is 41.1 Å². The predicted molar refractivity (Wildman–Crippen MR) is 93.1 cm³/mol. The molecule has 0 aliphatic rings. The van der Waals surface area contributed by atoms with Crippen molar-refractivity contribution < 1.29 is 4.79 Å². The van der Waals surface area contributed by atoms with Crippen molar-refractivity contribution in [3.05, 3.63) is 63.1 Å². The first kappa shape index (κ1) is 17.1. The summed E-state index contributed by atoms with van der Waals surface area (Å²) in [7, 11) is 0. The van der Waals surface area contributed by atoms with Crippen molar-refractivity contribution in [2.24, 2.45) is 0 Å². The molecule has 2 rings (SSSR count). The van der Waals surface area contributed by atoms with Crippen molar-refractivity contribution >= 4 is 46.4 Å². The third-order valence-corrected chi connectivity index (χ3v) is 4.04. The van der Waals surface area contributed by atoms with Crippen LogP contribution < -0.4 is 10.6 Å². The quantitative estimate of drug-likeness (QED) is 0.593. The lowest BCUT2D eigenvalue weighted by Gasteiger charge is -2.09. The highest BCUT2D eigenvalue weighted by molar-refractivity contribution is 6.44. The van der Waals surface area contributed by atoms with E-state index in [9.17, 15) is 4.79 Å². The molecule has 0 fully saturated rings. The summed E-state index contributed by atoms with van der Waals surface area (Å²) in [5.74, 6) is -0.187. The van der Waals surface area contributed by atoms with Gasteiger partial charge in [-0.2, -0.15) is 0 Å². The average Bonchev–Trinajstić information content (AvgIpc) is 2.50. The zero-order chi connectivity index (χ0) is 15.9. The van der Waals surface area contributed by atoms with Gasteiger partial charge < -0.3 is 10.6 Å². The molecule has 6 heteroatoms. The Labute approximate surface area is 144 Å². The number of carbonyl (C=O) groups is 1. The molecule has 2 aromatic carbocycles. The molecule has 0 bridgehead atoms. The number of hydrogen-bond donors (Lipinski definition) is 2. The fourth-order valence-corrected chi connectivity index (χ4v) is 2.49. The Balaban J connectivity index is 1.77. The van der Waals surface area contributed by atoms with Gasteiger partial charge in [-0.15, -0.1) is 0 Å². The smallest absolute Gasteiger partial charge is 0.238 e. The van der Waals surface area contributed by atoms with E-state index in [1.165, 1.54) is 17.7 Å². The summed E-state index contributed by atoms with van der Waals surface area (Å²) < 4.78 is 0. The second-order valence-corrected chi connectivity index (χ2v) is 5.93. The van der Waals surface area contributed by atoms with Gasteiger partial charge in [0.2, 0.25) is 5.91 Å². The van der Waals surface area contributed by atoms with Gasteiger partial charge in [-0.1, -0.05) is 65.1 Å². The van der Waals surface area contributed by atoms with Crippen molar-refractivity contribution in [3.8, 4) is 0 Å². The van der Waals surface area contributed by atoms with Crippen molar-refractivity contribution in [3.63, 3.8) is 0 Å². The largest absolute Gasteiger partial charge is 0.324 e. The number of nitrogens with one attached hydrogen (secondary N) is 2. The molecule has 22 heavy (non-hydrogen) atoms. The van der Waals surface area contributed by atoms with E-state index < -0.39 is 0 Å². The van der Waals surface area contributed by atoms with E-state index in [4.69, 9.17) is 34.8 Å². The van der Waals surface area contributed by atoms with Crippen LogP contribution in [0.5, 0.6) is 0 Å². The maximum atomic E-state index is 11.9. The molecule has 3 nitrogen and oxygen atoms in total. The van der Waals surface area contributed by atoms with Gasteiger partial charge in [0.15, 0.2) is 0 Å². The first-order chi connectivity index (χ1) is 10.6. The summed E-state index contributed by atoms with van der Waals surface area (Å²) in [6.45, 7) is 0.913. The molecule has 0 aliphatic carbocycles. The lowest BCUT2D eigenvalue weighted by atomic mass is 10.1. The van der Waals surface area contributed by atoms with Crippen LogP contribution in [0.25, 0.3) is 0 Å². The zero-order valence-corrected chi connectivity index (χ0v) is 14.0. The van der Waals surface area contributed by atoms with Crippen LogP contribution in [0.15, 0.2) is 42.5 Å². The molecule has 0 radical (unpaired) electrons. The maximum absolute atomic E-state index is 11.9.